The maximum Gasteiger partial charge on any atom is 0.407 e. The molecule has 0 spiro atoms. The number of benzene rings is 2. The zero-order chi connectivity index (χ0) is 24.9. The van der Waals surface area contributed by atoms with Gasteiger partial charge in [-0.25, -0.2) is 9.59 Å². The van der Waals surface area contributed by atoms with E-state index >= 15 is 0 Å². The normalized spacial score (nSPS) is 14.0. The first kappa shape index (κ1) is 24.4. The van der Waals surface area contributed by atoms with Gasteiger partial charge in [0.15, 0.2) is 6.04 Å². The fraction of sp³-hybridized carbons (Fsp3) is 0.269. The maximum absolute atomic E-state index is 12.9. The van der Waals surface area contributed by atoms with Gasteiger partial charge in [-0.05, 0) is 47.8 Å². The van der Waals surface area contributed by atoms with Crippen LogP contribution in [-0.4, -0.2) is 61.3 Å². The van der Waals surface area contributed by atoms with Gasteiger partial charge in [-0.1, -0.05) is 54.6 Å². The molecule has 9 heteroatoms. The van der Waals surface area contributed by atoms with Crippen molar-refractivity contribution in [2.45, 2.75) is 18.0 Å². The number of fused-ring (bicyclic) bond motifs is 3. The first-order valence-electron chi connectivity index (χ1n) is 11.2. The number of amides is 2. The first-order chi connectivity index (χ1) is 16.8. The Hall–Kier alpha value is -3.69. The SMILES string of the molecule is CN(C)CC(NC(=O)OCC1c2ccccc2-c2ccccc21)C(=O)NC(C(=O)O)c1cccs1. The molecule has 1 aromatic heterocycles. The lowest BCUT2D eigenvalue weighted by Gasteiger charge is -2.24. The molecule has 0 radical (unpaired) electrons. The predicted octanol–water partition coefficient (Wildman–Crippen LogP) is 3.46. The molecular formula is C26H27N3O5S. The number of hydrogen-bond donors (Lipinski definition) is 3. The van der Waals surface area contributed by atoms with E-state index in [0.29, 0.717) is 4.88 Å². The van der Waals surface area contributed by atoms with Gasteiger partial charge in [0.2, 0.25) is 5.91 Å². The van der Waals surface area contributed by atoms with Crippen LogP contribution in [0.2, 0.25) is 0 Å². The minimum atomic E-state index is -1.20. The zero-order valence-corrected chi connectivity index (χ0v) is 20.2. The van der Waals surface area contributed by atoms with E-state index < -0.39 is 30.1 Å². The molecule has 3 aromatic rings. The van der Waals surface area contributed by atoms with Crippen molar-refractivity contribution >= 4 is 29.3 Å². The molecular weight excluding hydrogens is 466 g/mol. The Morgan fingerprint density at radius 3 is 2.14 bits per heavy atom. The average Bonchev–Trinajstić information content (AvgIpc) is 3.47. The van der Waals surface area contributed by atoms with E-state index in [1.54, 1.807) is 36.5 Å². The first-order valence-corrected chi connectivity index (χ1v) is 12.1. The Morgan fingerprint density at radius 1 is 0.971 bits per heavy atom. The highest BCUT2D eigenvalue weighted by atomic mass is 32.1. The fourth-order valence-electron chi connectivity index (χ4n) is 4.29. The van der Waals surface area contributed by atoms with Crippen LogP contribution in [0.25, 0.3) is 11.1 Å². The molecule has 0 saturated carbocycles. The molecule has 0 saturated heterocycles. The third-order valence-corrected chi connectivity index (χ3v) is 6.80. The van der Waals surface area contributed by atoms with Gasteiger partial charge in [-0.2, -0.15) is 0 Å². The number of carboxylic acids is 1. The van der Waals surface area contributed by atoms with Crippen LogP contribution in [0.15, 0.2) is 66.0 Å². The summed E-state index contributed by atoms with van der Waals surface area (Å²) in [6.07, 6.45) is -0.739. The van der Waals surface area contributed by atoms with E-state index in [-0.39, 0.29) is 19.1 Å². The molecule has 8 nitrogen and oxygen atoms in total. The van der Waals surface area contributed by atoms with Crippen molar-refractivity contribution in [1.82, 2.24) is 15.5 Å². The minimum absolute atomic E-state index is 0.107. The molecule has 35 heavy (non-hydrogen) atoms. The van der Waals surface area contributed by atoms with E-state index in [4.69, 9.17) is 4.74 Å². The summed E-state index contributed by atoms with van der Waals surface area (Å²) in [5, 5.41) is 16.4. The van der Waals surface area contributed by atoms with Crippen molar-refractivity contribution in [3.05, 3.63) is 82.0 Å². The molecule has 2 unspecified atom stereocenters. The third kappa shape index (κ3) is 5.52. The largest absolute Gasteiger partial charge is 0.479 e. The van der Waals surface area contributed by atoms with Crippen LogP contribution in [0.4, 0.5) is 4.79 Å². The standard InChI is InChI=1S/C26H27N3O5S/c1-29(2)14-21(24(30)28-23(25(31)32)22-12-7-13-35-22)27-26(33)34-15-20-18-10-5-3-8-16(18)17-9-4-6-11-19(17)20/h3-13,20-21,23H,14-15H2,1-2H3,(H,27,33)(H,28,30)(H,31,32). The molecule has 2 atom stereocenters. The lowest BCUT2D eigenvalue weighted by Crippen LogP contribution is -2.53. The van der Waals surface area contributed by atoms with E-state index in [1.807, 2.05) is 36.4 Å². The summed E-state index contributed by atoms with van der Waals surface area (Å²) in [5.41, 5.74) is 4.42. The summed E-state index contributed by atoms with van der Waals surface area (Å²) < 4.78 is 5.56. The number of carbonyl (C=O) groups excluding carboxylic acids is 2. The Labute approximate surface area is 207 Å². The van der Waals surface area contributed by atoms with Crippen molar-refractivity contribution in [3.63, 3.8) is 0 Å². The molecule has 2 aromatic carbocycles. The molecule has 1 heterocycles. The number of aliphatic carboxylic acids is 1. The number of hydrogen-bond acceptors (Lipinski definition) is 6. The highest BCUT2D eigenvalue weighted by molar-refractivity contribution is 7.10. The number of carboxylic acid groups (broad SMARTS) is 1. The van der Waals surface area contributed by atoms with E-state index in [9.17, 15) is 19.5 Å². The molecule has 1 aliphatic rings. The van der Waals surface area contributed by atoms with Crippen LogP contribution in [0.5, 0.6) is 0 Å². The highest BCUT2D eigenvalue weighted by Gasteiger charge is 2.31. The molecule has 4 rings (SSSR count). The van der Waals surface area contributed by atoms with Crippen LogP contribution in [0, 0.1) is 0 Å². The molecule has 3 N–H and O–H groups in total. The number of nitrogens with one attached hydrogen (secondary N) is 2. The Bertz CT molecular complexity index is 1170. The van der Waals surface area contributed by atoms with Crippen LogP contribution in [0.3, 0.4) is 0 Å². The summed E-state index contributed by atoms with van der Waals surface area (Å²) in [6.45, 7) is 0.288. The second-order valence-electron chi connectivity index (χ2n) is 8.58. The van der Waals surface area contributed by atoms with Crippen molar-refractivity contribution < 1.29 is 24.2 Å². The van der Waals surface area contributed by atoms with Crippen LogP contribution in [0.1, 0.15) is 28.0 Å². The molecule has 0 fully saturated rings. The van der Waals surface area contributed by atoms with Gasteiger partial charge in [-0.3, -0.25) is 4.79 Å². The van der Waals surface area contributed by atoms with Crippen molar-refractivity contribution in [3.8, 4) is 11.1 Å². The Kier molecular flexibility index (Phi) is 7.48. The molecule has 1 aliphatic carbocycles. The van der Waals surface area contributed by atoms with E-state index in [0.717, 1.165) is 22.3 Å². The summed E-state index contributed by atoms with van der Waals surface area (Å²) >= 11 is 1.23. The van der Waals surface area contributed by atoms with Crippen LogP contribution < -0.4 is 10.6 Å². The number of thiophene rings is 1. The maximum atomic E-state index is 12.9. The monoisotopic (exact) mass is 493 g/mol. The molecule has 0 bridgehead atoms. The third-order valence-electron chi connectivity index (χ3n) is 5.86. The van der Waals surface area contributed by atoms with Gasteiger partial charge in [0.25, 0.3) is 0 Å². The lowest BCUT2D eigenvalue weighted by atomic mass is 9.98. The Morgan fingerprint density at radius 2 is 1.60 bits per heavy atom. The summed E-state index contributed by atoms with van der Waals surface area (Å²) in [6, 6.07) is 17.2. The van der Waals surface area contributed by atoms with Crippen LogP contribution in [-0.2, 0) is 14.3 Å². The Balaban J connectivity index is 1.43. The zero-order valence-electron chi connectivity index (χ0n) is 19.4. The van der Waals surface area contributed by atoms with E-state index in [1.165, 1.54) is 11.3 Å². The fourth-order valence-corrected chi connectivity index (χ4v) is 5.06. The van der Waals surface area contributed by atoms with Gasteiger partial charge < -0.3 is 25.4 Å². The molecule has 0 aliphatic heterocycles. The predicted molar refractivity (Wildman–Crippen MR) is 133 cm³/mol. The van der Waals surface area contributed by atoms with Crippen molar-refractivity contribution in [1.29, 1.82) is 0 Å². The van der Waals surface area contributed by atoms with Crippen molar-refractivity contribution in [2.24, 2.45) is 0 Å². The summed E-state index contributed by atoms with van der Waals surface area (Å²) in [5.74, 6) is -1.89. The van der Waals surface area contributed by atoms with Crippen LogP contribution >= 0.6 is 11.3 Å². The number of alkyl carbamates (subject to hydrolysis) is 1. The lowest BCUT2D eigenvalue weighted by molar-refractivity contribution is -0.142. The van der Waals surface area contributed by atoms with Gasteiger partial charge in [0.05, 0.1) is 0 Å². The van der Waals surface area contributed by atoms with Crippen molar-refractivity contribution in [2.75, 3.05) is 27.2 Å². The van der Waals surface area contributed by atoms with Gasteiger partial charge in [0, 0.05) is 17.3 Å². The molecule has 2 amide bonds. The van der Waals surface area contributed by atoms with Gasteiger partial charge in [0.1, 0.15) is 12.6 Å². The number of carbonyl (C=O) groups is 3. The number of ether oxygens (including phenoxy) is 1. The highest BCUT2D eigenvalue weighted by Crippen LogP contribution is 2.44. The number of nitrogens with zero attached hydrogens (tertiary/aromatic N) is 1. The number of likely N-dealkylation sites (N-methyl/N-ethyl adjacent to an activating group) is 1. The van der Waals surface area contributed by atoms with Gasteiger partial charge >= 0.3 is 12.1 Å². The quantitative estimate of drug-likeness (QED) is 0.421. The molecule has 182 valence electrons. The second-order valence-corrected chi connectivity index (χ2v) is 9.56. The summed E-state index contributed by atoms with van der Waals surface area (Å²) in [4.78, 5) is 39.6. The van der Waals surface area contributed by atoms with E-state index in [2.05, 4.69) is 22.8 Å². The summed E-state index contributed by atoms with van der Waals surface area (Å²) in [7, 11) is 3.52. The second kappa shape index (κ2) is 10.7. The number of rotatable bonds is 9. The smallest absolute Gasteiger partial charge is 0.407 e. The van der Waals surface area contributed by atoms with Gasteiger partial charge in [-0.15, -0.1) is 11.3 Å². The average molecular weight is 494 g/mol. The topological polar surface area (TPSA) is 108 Å². The minimum Gasteiger partial charge on any atom is -0.479 e.